The van der Waals surface area contributed by atoms with Crippen molar-refractivity contribution >= 4 is 34.3 Å². The maximum atomic E-state index is 11.9. The number of piperazine rings is 1. The predicted molar refractivity (Wildman–Crippen MR) is 171 cm³/mol. The minimum Gasteiger partial charge on any atom is -0.494 e. The summed E-state index contributed by atoms with van der Waals surface area (Å²) >= 11 is 6.08. The van der Waals surface area contributed by atoms with E-state index in [1.54, 1.807) is 31.5 Å². The Morgan fingerprint density at radius 3 is 2.67 bits per heavy atom. The number of aromatic nitrogens is 3. The van der Waals surface area contributed by atoms with E-state index >= 15 is 0 Å². The number of carboxylic acids is 1. The van der Waals surface area contributed by atoms with Crippen molar-refractivity contribution in [2.75, 3.05) is 31.7 Å². The van der Waals surface area contributed by atoms with Crippen LogP contribution in [0, 0.1) is 0 Å². The van der Waals surface area contributed by atoms with Gasteiger partial charge in [-0.05, 0) is 62.1 Å². The third kappa shape index (κ3) is 5.10. The summed E-state index contributed by atoms with van der Waals surface area (Å²) in [6.45, 7) is 5.32. The van der Waals surface area contributed by atoms with Crippen LogP contribution in [-0.4, -0.2) is 75.5 Å². The van der Waals surface area contributed by atoms with E-state index in [4.69, 9.17) is 35.5 Å². The molecule has 3 atom stereocenters. The summed E-state index contributed by atoms with van der Waals surface area (Å²) in [6.07, 6.45) is 6.29. The zero-order valence-electron chi connectivity index (χ0n) is 25.8. The molecule has 3 fully saturated rings. The molecule has 1 N–H and O–H groups in total. The number of hydrogen-bond acceptors (Lipinski definition) is 9. The molecular formula is C34H36ClN5O6. The minimum absolute atomic E-state index is 0.178. The Balaban J connectivity index is 1.05. The highest BCUT2D eigenvalue weighted by Crippen LogP contribution is 2.51. The lowest BCUT2D eigenvalue weighted by atomic mass is 9.81. The van der Waals surface area contributed by atoms with Crippen LogP contribution in [0.1, 0.15) is 54.5 Å². The van der Waals surface area contributed by atoms with Crippen molar-refractivity contribution in [3.63, 3.8) is 0 Å². The topological polar surface area (TPSA) is 111 Å². The monoisotopic (exact) mass is 645 g/mol. The summed E-state index contributed by atoms with van der Waals surface area (Å²) in [7, 11) is 1.55. The predicted octanol–water partition coefficient (Wildman–Crippen LogP) is 5.47. The van der Waals surface area contributed by atoms with Crippen LogP contribution in [-0.2, 0) is 23.6 Å². The number of imidazole rings is 1. The molecule has 11 nitrogen and oxygen atoms in total. The first-order valence-corrected chi connectivity index (χ1v) is 16.2. The number of nitrogens with zero attached hydrogens (tertiary/aromatic N) is 5. The van der Waals surface area contributed by atoms with E-state index in [0.717, 1.165) is 61.6 Å². The Kier molecular flexibility index (Phi) is 7.23. The number of anilines is 1. The lowest BCUT2D eigenvalue weighted by Gasteiger charge is -2.54. The lowest BCUT2D eigenvalue weighted by molar-refractivity contribution is -0.0717. The zero-order valence-corrected chi connectivity index (χ0v) is 26.6. The molecule has 2 aliphatic heterocycles. The molecule has 0 spiro atoms. The number of carbonyl (C=O) groups is 1. The zero-order chi connectivity index (χ0) is 31.6. The van der Waals surface area contributed by atoms with Crippen molar-refractivity contribution in [3.8, 4) is 17.2 Å². The van der Waals surface area contributed by atoms with Crippen molar-refractivity contribution in [2.45, 2.75) is 69.7 Å². The third-order valence-corrected chi connectivity index (χ3v) is 9.89. The van der Waals surface area contributed by atoms with Gasteiger partial charge in [-0.1, -0.05) is 17.7 Å². The molecule has 240 valence electrons. The van der Waals surface area contributed by atoms with Crippen LogP contribution in [0.4, 0.5) is 5.69 Å². The normalized spacial score (nSPS) is 23.8. The summed E-state index contributed by atoms with van der Waals surface area (Å²) in [4.78, 5) is 26.4. The van der Waals surface area contributed by atoms with Crippen LogP contribution >= 0.6 is 11.6 Å². The fourth-order valence-corrected chi connectivity index (χ4v) is 7.13. The SMILES string of the molecule is COc1cc(C(=O)O)cc2c1nc(CN1CCN(c3cccc4c3O[C@@](C)(c3ccc(Cl)cn3)O4)[C@H]3CC[C@H]31)n2CCOC1CC1. The minimum atomic E-state index is -1.05. The van der Waals surface area contributed by atoms with Crippen LogP contribution in [0.3, 0.4) is 0 Å². The summed E-state index contributed by atoms with van der Waals surface area (Å²) in [6, 6.07) is 13.6. The number of halogens is 1. The Morgan fingerprint density at radius 1 is 1.11 bits per heavy atom. The lowest BCUT2D eigenvalue weighted by Crippen LogP contribution is -2.64. The second-order valence-electron chi connectivity index (χ2n) is 12.6. The number of fused-ring (bicyclic) bond motifs is 3. The molecule has 2 aliphatic carbocycles. The fourth-order valence-electron chi connectivity index (χ4n) is 7.02. The van der Waals surface area contributed by atoms with E-state index in [2.05, 4.69) is 25.4 Å². The van der Waals surface area contributed by atoms with Crippen molar-refractivity contribution in [1.29, 1.82) is 0 Å². The van der Waals surface area contributed by atoms with Crippen molar-refractivity contribution < 1.29 is 28.8 Å². The summed E-state index contributed by atoms with van der Waals surface area (Å²) < 4.78 is 26.6. The molecule has 46 heavy (non-hydrogen) atoms. The first-order valence-electron chi connectivity index (χ1n) is 15.9. The number of carboxylic acid groups (broad SMARTS) is 1. The van der Waals surface area contributed by atoms with Crippen molar-refractivity contribution in [1.82, 2.24) is 19.4 Å². The number of ether oxygens (including phenoxy) is 4. The van der Waals surface area contributed by atoms with Gasteiger partial charge in [0, 0.05) is 44.8 Å². The highest BCUT2D eigenvalue weighted by atomic mass is 35.5. The number of rotatable bonds is 10. The van der Waals surface area contributed by atoms with Crippen LogP contribution in [0.2, 0.25) is 5.02 Å². The molecule has 1 saturated heterocycles. The molecular weight excluding hydrogens is 610 g/mol. The number of benzene rings is 2. The molecule has 4 aliphatic rings. The highest BCUT2D eigenvalue weighted by Gasteiger charge is 2.47. The maximum absolute atomic E-state index is 11.9. The first-order chi connectivity index (χ1) is 22.3. The number of methoxy groups -OCH3 is 1. The molecule has 8 rings (SSSR count). The summed E-state index contributed by atoms with van der Waals surface area (Å²) in [5, 5.41) is 10.3. The van der Waals surface area contributed by atoms with E-state index in [-0.39, 0.29) is 5.56 Å². The number of pyridine rings is 1. The molecule has 2 aromatic heterocycles. The van der Waals surface area contributed by atoms with E-state index in [1.807, 2.05) is 25.1 Å². The standard InChI is InChI=1S/C34H36ClN5O6/c1-34(29-11-6-21(35)18-36-29)45-27-5-3-4-25(32(27)46-34)39-13-12-38(23-9-10-24(23)39)19-30-37-31-26(40(30)14-15-44-22-7-8-22)16-20(33(41)42)17-28(31)43-2/h3-6,11,16-18,22-24H,7-10,12-15,19H2,1-2H3,(H,41,42)/t23-,24+,34+/m1/s1. The van der Waals surface area contributed by atoms with Gasteiger partial charge in [-0.3, -0.25) is 9.88 Å². The molecule has 2 saturated carbocycles. The van der Waals surface area contributed by atoms with Gasteiger partial charge in [-0.15, -0.1) is 0 Å². The first kappa shape index (κ1) is 29.3. The third-order valence-electron chi connectivity index (χ3n) is 9.66. The van der Waals surface area contributed by atoms with Crippen molar-refractivity contribution in [3.05, 3.63) is 70.8 Å². The number of aromatic carboxylic acids is 1. The molecule has 2 aromatic carbocycles. The molecule has 0 unspecified atom stereocenters. The molecule has 4 heterocycles. The largest absolute Gasteiger partial charge is 0.494 e. The molecule has 0 amide bonds. The van der Waals surface area contributed by atoms with Crippen LogP contribution in [0.5, 0.6) is 17.2 Å². The second-order valence-corrected chi connectivity index (χ2v) is 13.0. The number of hydrogen-bond donors (Lipinski definition) is 1. The quantitative estimate of drug-likeness (QED) is 0.238. The summed E-state index contributed by atoms with van der Waals surface area (Å²) in [5.41, 5.74) is 3.29. The molecule has 0 bridgehead atoms. The Hall–Kier alpha value is -4.06. The van der Waals surface area contributed by atoms with Crippen molar-refractivity contribution in [2.24, 2.45) is 0 Å². The molecule has 4 aromatic rings. The smallest absolute Gasteiger partial charge is 0.335 e. The van der Waals surface area contributed by atoms with E-state index in [9.17, 15) is 9.90 Å². The van der Waals surface area contributed by atoms with Gasteiger partial charge in [0.1, 0.15) is 22.8 Å². The molecule has 0 radical (unpaired) electrons. The number of para-hydroxylation sites is 1. The fraction of sp³-hybridized carbons (Fsp3) is 0.441. The van der Waals surface area contributed by atoms with Gasteiger partial charge in [0.05, 0.1) is 48.2 Å². The van der Waals surface area contributed by atoms with Gasteiger partial charge in [-0.2, -0.15) is 0 Å². The van der Waals surface area contributed by atoms with Crippen LogP contribution < -0.4 is 19.1 Å². The van der Waals surface area contributed by atoms with E-state index in [0.29, 0.717) is 65.6 Å². The highest BCUT2D eigenvalue weighted by molar-refractivity contribution is 6.30. The van der Waals surface area contributed by atoms with Gasteiger partial charge in [0.2, 0.25) is 0 Å². The average Bonchev–Trinajstić information content (AvgIpc) is 3.69. The summed E-state index contributed by atoms with van der Waals surface area (Å²) in [5.74, 6) is 0.742. The van der Waals surface area contributed by atoms with Gasteiger partial charge in [-0.25, -0.2) is 9.78 Å². The van der Waals surface area contributed by atoms with Gasteiger partial charge >= 0.3 is 5.97 Å². The second kappa shape index (κ2) is 11.3. The molecule has 12 heteroatoms. The van der Waals surface area contributed by atoms with Crippen LogP contribution in [0.15, 0.2) is 48.7 Å². The average molecular weight is 646 g/mol. The van der Waals surface area contributed by atoms with E-state index < -0.39 is 11.8 Å². The Labute approximate surface area is 271 Å². The van der Waals surface area contributed by atoms with Crippen LogP contribution in [0.25, 0.3) is 11.0 Å². The maximum Gasteiger partial charge on any atom is 0.335 e. The Bertz CT molecular complexity index is 1810. The van der Waals surface area contributed by atoms with Gasteiger partial charge < -0.3 is 33.5 Å². The van der Waals surface area contributed by atoms with E-state index in [1.165, 1.54) is 0 Å². The Morgan fingerprint density at radius 2 is 1.96 bits per heavy atom. The van der Waals surface area contributed by atoms with Gasteiger partial charge in [0.15, 0.2) is 11.5 Å². The van der Waals surface area contributed by atoms with Gasteiger partial charge in [0.25, 0.3) is 5.79 Å².